The number of hydrogen-bond donors (Lipinski definition) is 1. The highest BCUT2D eigenvalue weighted by atomic mass is 32.2. The minimum atomic E-state index is -3.04. The average Bonchev–Trinajstić information content (AvgIpc) is 1.98. The Hall–Kier alpha value is -0.620. The van der Waals surface area contributed by atoms with Gasteiger partial charge in [-0.25, -0.2) is 8.42 Å². The van der Waals surface area contributed by atoms with Crippen molar-refractivity contribution in [2.45, 2.75) is 12.8 Å². The lowest BCUT2D eigenvalue weighted by Crippen LogP contribution is -2.14. The summed E-state index contributed by atoms with van der Waals surface area (Å²) in [6, 6.07) is 0. The molecule has 13 heavy (non-hydrogen) atoms. The Morgan fingerprint density at radius 2 is 2.08 bits per heavy atom. The van der Waals surface area contributed by atoms with Crippen molar-refractivity contribution in [3.8, 4) is 0 Å². The van der Waals surface area contributed by atoms with E-state index < -0.39 is 15.8 Å². The minimum absolute atomic E-state index is 0.0672. The molecule has 0 aliphatic rings. The molecule has 0 saturated heterocycles. The Kier molecular flexibility index (Phi) is 5.65. The molecule has 2 N–H and O–H groups in total. The van der Waals surface area contributed by atoms with Gasteiger partial charge in [0.1, 0.15) is 6.61 Å². The number of sulfone groups is 1. The largest absolute Gasteiger partial charge is 0.465 e. The number of ether oxygens (including phenoxy) is 1. The van der Waals surface area contributed by atoms with Crippen molar-refractivity contribution in [3.05, 3.63) is 0 Å². The molecule has 0 bridgehead atoms. The fourth-order valence-electron chi connectivity index (χ4n) is 0.625. The summed E-state index contributed by atoms with van der Waals surface area (Å²) >= 11 is 0. The molecule has 0 aliphatic carbocycles. The highest BCUT2D eigenvalue weighted by Gasteiger charge is 2.05. The summed E-state index contributed by atoms with van der Waals surface area (Å²) in [6.45, 7) is 0.364. The Labute approximate surface area is 78.2 Å². The fourth-order valence-corrected chi connectivity index (χ4v) is 1.01. The van der Waals surface area contributed by atoms with Crippen LogP contribution in [0.4, 0.5) is 0 Å². The van der Waals surface area contributed by atoms with E-state index in [1.165, 1.54) is 0 Å². The summed E-state index contributed by atoms with van der Waals surface area (Å²) in [4.78, 5) is 10.8. The van der Waals surface area contributed by atoms with Crippen LogP contribution in [-0.4, -0.2) is 39.5 Å². The Bertz CT molecular complexity index is 247. The van der Waals surface area contributed by atoms with Gasteiger partial charge in [0.05, 0.1) is 5.75 Å². The van der Waals surface area contributed by atoms with Crippen LogP contribution in [0, 0.1) is 0 Å². The predicted octanol–water partition coefficient (Wildman–Crippen LogP) is -0.687. The van der Waals surface area contributed by atoms with Crippen molar-refractivity contribution in [2.24, 2.45) is 5.73 Å². The topological polar surface area (TPSA) is 86.5 Å². The third-order valence-corrected chi connectivity index (χ3v) is 2.21. The first-order chi connectivity index (χ1) is 5.95. The summed E-state index contributed by atoms with van der Waals surface area (Å²) < 4.78 is 25.9. The van der Waals surface area contributed by atoms with E-state index in [4.69, 9.17) is 5.73 Å². The van der Waals surface area contributed by atoms with Crippen LogP contribution in [0.25, 0.3) is 0 Å². The van der Waals surface area contributed by atoms with E-state index in [0.29, 0.717) is 13.0 Å². The Morgan fingerprint density at radius 1 is 1.46 bits per heavy atom. The van der Waals surface area contributed by atoms with E-state index in [0.717, 1.165) is 6.26 Å². The van der Waals surface area contributed by atoms with Crippen molar-refractivity contribution in [2.75, 3.05) is 25.2 Å². The highest BCUT2D eigenvalue weighted by Crippen LogP contribution is 1.92. The van der Waals surface area contributed by atoms with Crippen molar-refractivity contribution >= 4 is 15.8 Å². The van der Waals surface area contributed by atoms with Gasteiger partial charge >= 0.3 is 5.97 Å². The van der Waals surface area contributed by atoms with Gasteiger partial charge < -0.3 is 10.5 Å². The zero-order valence-corrected chi connectivity index (χ0v) is 8.47. The van der Waals surface area contributed by atoms with Crippen molar-refractivity contribution < 1.29 is 17.9 Å². The highest BCUT2D eigenvalue weighted by molar-refractivity contribution is 7.90. The number of carbonyl (C=O) groups excluding carboxylic acids is 1. The molecule has 0 spiro atoms. The number of hydrogen-bond acceptors (Lipinski definition) is 5. The maximum atomic E-state index is 10.8. The molecule has 6 heteroatoms. The van der Waals surface area contributed by atoms with E-state index in [1.807, 2.05) is 0 Å². The standard InChI is InChI=1S/C7H15NO4S/c1-13(10,11)6-5-12-7(9)3-2-4-8/h2-6,8H2,1H3. The summed E-state index contributed by atoms with van der Waals surface area (Å²) in [5.74, 6) is -0.518. The number of rotatable bonds is 6. The summed E-state index contributed by atoms with van der Waals surface area (Å²) in [5, 5.41) is 0. The van der Waals surface area contributed by atoms with Gasteiger partial charge in [-0.2, -0.15) is 0 Å². The van der Waals surface area contributed by atoms with Crippen molar-refractivity contribution in [1.29, 1.82) is 0 Å². The summed E-state index contributed by atoms with van der Waals surface area (Å²) in [7, 11) is -3.04. The summed E-state index contributed by atoms with van der Waals surface area (Å²) in [6.07, 6.45) is 1.92. The van der Waals surface area contributed by atoms with E-state index in [-0.39, 0.29) is 18.8 Å². The molecule has 5 nitrogen and oxygen atoms in total. The predicted molar refractivity (Wildman–Crippen MR) is 49.0 cm³/mol. The quantitative estimate of drug-likeness (QED) is 0.585. The maximum absolute atomic E-state index is 10.8. The third-order valence-electron chi connectivity index (χ3n) is 1.30. The monoisotopic (exact) mass is 209 g/mol. The van der Waals surface area contributed by atoms with Gasteiger partial charge in [-0.1, -0.05) is 0 Å². The second-order valence-electron chi connectivity index (χ2n) is 2.74. The normalized spacial score (nSPS) is 11.2. The van der Waals surface area contributed by atoms with Crippen LogP contribution in [0.1, 0.15) is 12.8 Å². The van der Waals surface area contributed by atoms with Crippen LogP contribution in [0.3, 0.4) is 0 Å². The molecule has 0 unspecified atom stereocenters. The van der Waals surface area contributed by atoms with E-state index in [1.54, 1.807) is 0 Å². The van der Waals surface area contributed by atoms with Gasteiger partial charge in [0, 0.05) is 12.7 Å². The number of esters is 1. The molecule has 0 aromatic carbocycles. The van der Waals surface area contributed by atoms with Gasteiger partial charge in [0.2, 0.25) is 0 Å². The molecule has 0 amide bonds. The maximum Gasteiger partial charge on any atom is 0.305 e. The first-order valence-electron chi connectivity index (χ1n) is 3.99. The van der Waals surface area contributed by atoms with E-state index in [2.05, 4.69) is 4.74 Å². The van der Waals surface area contributed by atoms with E-state index >= 15 is 0 Å². The lowest BCUT2D eigenvalue weighted by molar-refractivity contribution is -0.143. The first-order valence-corrected chi connectivity index (χ1v) is 6.05. The lowest BCUT2D eigenvalue weighted by Gasteiger charge is -2.02. The molecule has 0 heterocycles. The van der Waals surface area contributed by atoms with E-state index in [9.17, 15) is 13.2 Å². The molecule has 0 aromatic heterocycles. The second-order valence-corrected chi connectivity index (χ2v) is 5.00. The fraction of sp³-hybridized carbons (Fsp3) is 0.857. The van der Waals surface area contributed by atoms with Crippen LogP contribution in [0.5, 0.6) is 0 Å². The first kappa shape index (κ1) is 12.4. The van der Waals surface area contributed by atoms with Gasteiger partial charge in [-0.05, 0) is 13.0 Å². The second kappa shape index (κ2) is 5.93. The lowest BCUT2D eigenvalue weighted by atomic mass is 10.3. The Balaban J connectivity index is 3.49. The molecule has 0 aliphatic heterocycles. The van der Waals surface area contributed by atoms with Crippen LogP contribution < -0.4 is 5.73 Å². The molecular weight excluding hydrogens is 194 g/mol. The minimum Gasteiger partial charge on any atom is -0.465 e. The molecule has 0 saturated carbocycles. The Morgan fingerprint density at radius 3 is 2.54 bits per heavy atom. The van der Waals surface area contributed by atoms with Crippen molar-refractivity contribution in [1.82, 2.24) is 0 Å². The van der Waals surface area contributed by atoms with Gasteiger partial charge in [-0.3, -0.25) is 4.79 Å². The molecule has 78 valence electrons. The summed E-state index contributed by atoms with van der Waals surface area (Å²) in [5.41, 5.74) is 5.17. The third kappa shape index (κ3) is 9.29. The molecule has 0 radical (unpaired) electrons. The van der Waals surface area contributed by atoms with Crippen molar-refractivity contribution in [3.63, 3.8) is 0 Å². The number of nitrogens with two attached hydrogens (primary N) is 1. The zero-order chi connectivity index (χ0) is 10.3. The van der Waals surface area contributed by atoms with Crippen LogP contribution in [0.2, 0.25) is 0 Å². The smallest absolute Gasteiger partial charge is 0.305 e. The molecule has 0 aromatic rings. The van der Waals surface area contributed by atoms with Gasteiger partial charge in [0.15, 0.2) is 9.84 Å². The average molecular weight is 209 g/mol. The zero-order valence-electron chi connectivity index (χ0n) is 7.65. The van der Waals surface area contributed by atoms with Crippen LogP contribution in [0.15, 0.2) is 0 Å². The van der Waals surface area contributed by atoms with Crippen LogP contribution >= 0.6 is 0 Å². The molecule has 0 atom stereocenters. The molecule has 0 fully saturated rings. The van der Waals surface area contributed by atoms with Crippen LogP contribution in [-0.2, 0) is 19.4 Å². The van der Waals surface area contributed by atoms with Gasteiger partial charge in [-0.15, -0.1) is 0 Å². The SMILES string of the molecule is CS(=O)(=O)CCOC(=O)CCCN. The molecule has 0 rings (SSSR count). The number of carbonyl (C=O) groups is 1. The van der Waals surface area contributed by atoms with Gasteiger partial charge in [0.25, 0.3) is 0 Å². The molecular formula is C7H15NO4S.